The van der Waals surface area contributed by atoms with Gasteiger partial charge in [-0.25, -0.2) is 4.79 Å². The summed E-state index contributed by atoms with van der Waals surface area (Å²) >= 11 is 0. The number of morpholine rings is 1. The highest BCUT2D eigenvalue weighted by molar-refractivity contribution is 5.99. The van der Waals surface area contributed by atoms with E-state index in [0.29, 0.717) is 37.5 Å². The Labute approximate surface area is 149 Å². The van der Waals surface area contributed by atoms with Crippen LogP contribution < -0.4 is 10.2 Å². The molecule has 0 atom stereocenters. The van der Waals surface area contributed by atoms with Gasteiger partial charge >= 0.3 is 5.97 Å². The molecule has 0 bridgehead atoms. The number of anilines is 2. The first-order valence-corrected chi connectivity index (χ1v) is 8.95. The van der Waals surface area contributed by atoms with E-state index in [-0.39, 0.29) is 17.8 Å². The molecule has 1 aromatic carbocycles. The Morgan fingerprint density at radius 3 is 2.64 bits per heavy atom. The number of ether oxygens (including phenoxy) is 2. The van der Waals surface area contributed by atoms with E-state index in [9.17, 15) is 9.59 Å². The maximum atomic E-state index is 12.5. The summed E-state index contributed by atoms with van der Waals surface area (Å²) in [4.78, 5) is 26.6. The number of amides is 1. The first kappa shape index (κ1) is 19.2. The van der Waals surface area contributed by atoms with E-state index >= 15 is 0 Å². The summed E-state index contributed by atoms with van der Waals surface area (Å²) in [5.74, 6) is -0.132. The standard InChI is InChI=1S/C19H28N2O4/c1-4-9-25-19(23)16-13-15(20-18(22)12-14(2)3)5-6-17(16)21-7-10-24-11-8-21/h5-6,13-14H,4,7-12H2,1-3H3,(H,20,22). The van der Waals surface area contributed by atoms with Crippen LogP contribution in [0.4, 0.5) is 11.4 Å². The maximum absolute atomic E-state index is 12.5. The molecule has 0 radical (unpaired) electrons. The van der Waals surface area contributed by atoms with Crippen LogP contribution in [0.5, 0.6) is 0 Å². The number of carbonyl (C=O) groups excluding carboxylic acids is 2. The van der Waals surface area contributed by atoms with E-state index in [1.165, 1.54) is 0 Å². The number of rotatable bonds is 7. The van der Waals surface area contributed by atoms with E-state index in [2.05, 4.69) is 10.2 Å². The summed E-state index contributed by atoms with van der Waals surface area (Å²) in [5.41, 5.74) is 1.93. The van der Waals surface area contributed by atoms with Crippen molar-refractivity contribution in [2.45, 2.75) is 33.6 Å². The molecular formula is C19H28N2O4. The predicted molar refractivity (Wildman–Crippen MR) is 98.1 cm³/mol. The second kappa shape index (κ2) is 9.42. The van der Waals surface area contributed by atoms with Crippen LogP contribution in [-0.4, -0.2) is 44.8 Å². The third-order valence-electron chi connectivity index (χ3n) is 3.88. The molecular weight excluding hydrogens is 320 g/mol. The van der Waals surface area contributed by atoms with Gasteiger partial charge in [0, 0.05) is 25.2 Å². The van der Waals surface area contributed by atoms with E-state index in [1.54, 1.807) is 6.07 Å². The van der Waals surface area contributed by atoms with Crippen molar-refractivity contribution in [3.05, 3.63) is 23.8 Å². The monoisotopic (exact) mass is 348 g/mol. The Balaban J connectivity index is 2.23. The minimum Gasteiger partial charge on any atom is -0.462 e. The van der Waals surface area contributed by atoms with Crippen molar-refractivity contribution in [2.75, 3.05) is 43.1 Å². The highest BCUT2D eigenvalue weighted by atomic mass is 16.5. The summed E-state index contributed by atoms with van der Waals surface area (Å²) in [6, 6.07) is 5.42. The molecule has 0 saturated carbocycles. The molecule has 0 aromatic heterocycles. The zero-order chi connectivity index (χ0) is 18.2. The predicted octanol–water partition coefficient (Wildman–Crippen LogP) is 3.07. The molecule has 1 saturated heterocycles. The van der Waals surface area contributed by atoms with Gasteiger partial charge in [0.15, 0.2) is 0 Å². The molecule has 1 heterocycles. The quantitative estimate of drug-likeness (QED) is 0.767. The molecule has 6 heteroatoms. The van der Waals surface area contributed by atoms with Crippen LogP contribution in [0.15, 0.2) is 18.2 Å². The zero-order valence-electron chi connectivity index (χ0n) is 15.3. The zero-order valence-corrected chi connectivity index (χ0v) is 15.3. The van der Waals surface area contributed by atoms with Gasteiger partial charge in [-0.2, -0.15) is 0 Å². The van der Waals surface area contributed by atoms with Crippen molar-refractivity contribution in [3.8, 4) is 0 Å². The van der Waals surface area contributed by atoms with Crippen molar-refractivity contribution in [1.29, 1.82) is 0 Å². The summed E-state index contributed by atoms with van der Waals surface area (Å²) in [6.45, 7) is 9.06. The summed E-state index contributed by atoms with van der Waals surface area (Å²) < 4.78 is 10.7. The molecule has 1 fully saturated rings. The Bertz CT molecular complexity index is 595. The third kappa shape index (κ3) is 5.74. The van der Waals surface area contributed by atoms with E-state index in [4.69, 9.17) is 9.47 Å². The largest absolute Gasteiger partial charge is 0.462 e. The smallest absolute Gasteiger partial charge is 0.340 e. The van der Waals surface area contributed by atoms with Gasteiger partial charge in [-0.05, 0) is 30.5 Å². The van der Waals surface area contributed by atoms with Crippen LogP contribution in [0.1, 0.15) is 44.0 Å². The lowest BCUT2D eigenvalue weighted by Gasteiger charge is -2.30. The number of carbonyl (C=O) groups is 2. The lowest BCUT2D eigenvalue weighted by Crippen LogP contribution is -2.37. The van der Waals surface area contributed by atoms with Gasteiger partial charge in [-0.1, -0.05) is 20.8 Å². The van der Waals surface area contributed by atoms with Gasteiger partial charge < -0.3 is 19.7 Å². The van der Waals surface area contributed by atoms with Crippen molar-refractivity contribution in [2.24, 2.45) is 5.92 Å². The molecule has 6 nitrogen and oxygen atoms in total. The van der Waals surface area contributed by atoms with Gasteiger partial charge in [0.05, 0.1) is 31.1 Å². The van der Waals surface area contributed by atoms with Crippen LogP contribution in [0, 0.1) is 5.92 Å². The molecule has 1 aromatic rings. The Kier molecular flexibility index (Phi) is 7.25. The van der Waals surface area contributed by atoms with Crippen LogP contribution in [0.25, 0.3) is 0 Å². The first-order valence-electron chi connectivity index (χ1n) is 8.95. The van der Waals surface area contributed by atoms with Crippen molar-refractivity contribution in [1.82, 2.24) is 0 Å². The van der Waals surface area contributed by atoms with Gasteiger partial charge in [0.2, 0.25) is 5.91 Å². The van der Waals surface area contributed by atoms with Crippen LogP contribution in [0.3, 0.4) is 0 Å². The second-order valence-corrected chi connectivity index (χ2v) is 6.61. The Morgan fingerprint density at radius 2 is 2.00 bits per heavy atom. The fourth-order valence-electron chi connectivity index (χ4n) is 2.71. The second-order valence-electron chi connectivity index (χ2n) is 6.61. The number of esters is 1. The molecule has 1 aliphatic rings. The van der Waals surface area contributed by atoms with Crippen LogP contribution in [-0.2, 0) is 14.3 Å². The lowest BCUT2D eigenvalue weighted by atomic mass is 10.1. The molecule has 1 N–H and O–H groups in total. The fourth-order valence-corrected chi connectivity index (χ4v) is 2.71. The number of hydrogen-bond acceptors (Lipinski definition) is 5. The number of nitrogens with one attached hydrogen (secondary N) is 1. The lowest BCUT2D eigenvalue weighted by molar-refractivity contribution is -0.116. The van der Waals surface area contributed by atoms with Crippen molar-refractivity contribution < 1.29 is 19.1 Å². The average Bonchev–Trinajstić information content (AvgIpc) is 2.59. The van der Waals surface area contributed by atoms with Gasteiger partial charge in [-0.15, -0.1) is 0 Å². The summed E-state index contributed by atoms with van der Waals surface area (Å²) in [5, 5.41) is 2.86. The topological polar surface area (TPSA) is 67.9 Å². The van der Waals surface area contributed by atoms with E-state index in [0.717, 1.165) is 25.2 Å². The van der Waals surface area contributed by atoms with Gasteiger partial charge in [0.25, 0.3) is 0 Å². The summed E-state index contributed by atoms with van der Waals surface area (Å²) in [7, 11) is 0. The minimum atomic E-state index is -0.358. The Morgan fingerprint density at radius 1 is 1.28 bits per heavy atom. The maximum Gasteiger partial charge on any atom is 0.340 e. The fraction of sp³-hybridized carbons (Fsp3) is 0.579. The van der Waals surface area contributed by atoms with Crippen LogP contribution >= 0.6 is 0 Å². The number of hydrogen-bond donors (Lipinski definition) is 1. The van der Waals surface area contributed by atoms with Crippen molar-refractivity contribution >= 4 is 23.3 Å². The molecule has 1 aliphatic heterocycles. The minimum absolute atomic E-state index is 0.0537. The molecule has 0 spiro atoms. The van der Waals surface area contributed by atoms with Gasteiger partial charge in [0.1, 0.15) is 0 Å². The molecule has 0 unspecified atom stereocenters. The highest BCUT2D eigenvalue weighted by Gasteiger charge is 2.21. The molecule has 1 amide bonds. The SMILES string of the molecule is CCCOC(=O)c1cc(NC(=O)CC(C)C)ccc1N1CCOCC1. The first-order chi connectivity index (χ1) is 12.0. The molecule has 25 heavy (non-hydrogen) atoms. The molecule has 0 aliphatic carbocycles. The Hall–Kier alpha value is -2.08. The van der Waals surface area contributed by atoms with Gasteiger partial charge in [-0.3, -0.25) is 4.79 Å². The van der Waals surface area contributed by atoms with Crippen molar-refractivity contribution in [3.63, 3.8) is 0 Å². The summed E-state index contributed by atoms with van der Waals surface area (Å²) in [6.07, 6.45) is 1.21. The molecule has 2 rings (SSSR count). The van der Waals surface area contributed by atoms with E-state index in [1.807, 2.05) is 32.9 Å². The van der Waals surface area contributed by atoms with Crippen LogP contribution in [0.2, 0.25) is 0 Å². The average molecular weight is 348 g/mol. The number of benzene rings is 1. The van der Waals surface area contributed by atoms with E-state index < -0.39 is 0 Å². The number of nitrogens with zero attached hydrogens (tertiary/aromatic N) is 1. The third-order valence-corrected chi connectivity index (χ3v) is 3.88. The highest BCUT2D eigenvalue weighted by Crippen LogP contribution is 2.26. The molecule has 138 valence electrons. The normalized spacial score (nSPS) is 14.5.